The topological polar surface area (TPSA) is 49.4 Å². The quantitative estimate of drug-likeness (QED) is 0.861. The zero-order valence-corrected chi connectivity index (χ0v) is 15.2. The third-order valence-corrected chi connectivity index (χ3v) is 6.55. The SMILES string of the molecule is Cc1ccc(Br)cc1S(=O)(=O)NCC1(N(C)C)CCCC1. The Hall–Kier alpha value is -0.430. The van der Waals surface area contributed by atoms with Crippen LogP contribution in [0, 0.1) is 6.92 Å². The molecule has 0 aliphatic heterocycles. The van der Waals surface area contributed by atoms with Gasteiger partial charge in [-0.05, 0) is 51.6 Å². The van der Waals surface area contributed by atoms with Gasteiger partial charge in [-0.1, -0.05) is 34.8 Å². The number of nitrogens with one attached hydrogen (secondary N) is 1. The van der Waals surface area contributed by atoms with Crippen molar-refractivity contribution in [3.63, 3.8) is 0 Å². The van der Waals surface area contributed by atoms with E-state index >= 15 is 0 Å². The Bertz CT molecular complexity index is 608. The molecule has 1 fully saturated rings. The third kappa shape index (κ3) is 3.67. The van der Waals surface area contributed by atoms with E-state index in [1.165, 1.54) is 0 Å². The lowest BCUT2D eigenvalue weighted by molar-refractivity contribution is 0.162. The summed E-state index contributed by atoms with van der Waals surface area (Å²) in [6.07, 6.45) is 4.41. The van der Waals surface area contributed by atoms with Crippen molar-refractivity contribution in [2.75, 3.05) is 20.6 Å². The first-order valence-corrected chi connectivity index (χ1v) is 9.48. The molecule has 1 aromatic rings. The summed E-state index contributed by atoms with van der Waals surface area (Å²) in [6.45, 7) is 2.28. The number of likely N-dealkylation sites (N-methyl/N-ethyl adjacent to an activating group) is 1. The Labute approximate surface area is 136 Å². The summed E-state index contributed by atoms with van der Waals surface area (Å²) < 4.78 is 28.7. The van der Waals surface area contributed by atoms with Gasteiger partial charge < -0.3 is 4.90 Å². The minimum absolute atomic E-state index is 0.0486. The summed E-state index contributed by atoms with van der Waals surface area (Å²) in [4.78, 5) is 2.51. The van der Waals surface area contributed by atoms with Crippen molar-refractivity contribution in [2.24, 2.45) is 0 Å². The Kier molecular flexibility index (Phi) is 5.13. The van der Waals surface area contributed by atoms with Crippen molar-refractivity contribution >= 4 is 26.0 Å². The lowest BCUT2D eigenvalue weighted by Gasteiger charge is -2.36. The summed E-state index contributed by atoms with van der Waals surface area (Å²) in [5, 5.41) is 0. The summed E-state index contributed by atoms with van der Waals surface area (Å²) in [5.41, 5.74) is 0.712. The van der Waals surface area contributed by atoms with E-state index in [0.29, 0.717) is 11.4 Å². The van der Waals surface area contributed by atoms with E-state index in [2.05, 4.69) is 25.6 Å². The van der Waals surface area contributed by atoms with Crippen LogP contribution in [0.3, 0.4) is 0 Å². The molecule has 0 spiro atoms. The van der Waals surface area contributed by atoms with Crippen molar-refractivity contribution in [3.8, 4) is 0 Å². The highest BCUT2D eigenvalue weighted by molar-refractivity contribution is 9.10. The molecule has 0 radical (unpaired) electrons. The zero-order chi connectivity index (χ0) is 15.7. The molecule has 1 N–H and O–H groups in total. The third-order valence-electron chi connectivity index (χ3n) is 4.51. The van der Waals surface area contributed by atoms with Crippen LogP contribution in [0.5, 0.6) is 0 Å². The molecule has 1 aliphatic carbocycles. The number of rotatable bonds is 5. The highest BCUT2D eigenvalue weighted by Gasteiger charge is 2.37. The summed E-state index contributed by atoms with van der Waals surface area (Å²) in [5.74, 6) is 0. The van der Waals surface area contributed by atoms with Crippen LogP contribution < -0.4 is 4.72 Å². The van der Waals surface area contributed by atoms with Gasteiger partial charge >= 0.3 is 0 Å². The zero-order valence-electron chi connectivity index (χ0n) is 12.8. The number of halogens is 1. The normalized spacial score (nSPS) is 18.3. The number of hydrogen-bond acceptors (Lipinski definition) is 3. The number of aryl methyl sites for hydroxylation is 1. The summed E-state index contributed by atoms with van der Waals surface area (Å²) >= 11 is 3.34. The van der Waals surface area contributed by atoms with Crippen molar-refractivity contribution in [1.82, 2.24) is 9.62 Å². The molecule has 1 saturated carbocycles. The molecular formula is C15H23BrN2O2S. The van der Waals surface area contributed by atoms with Gasteiger partial charge in [0.1, 0.15) is 0 Å². The molecule has 6 heteroatoms. The van der Waals surface area contributed by atoms with E-state index in [1.54, 1.807) is 6.07 Å². The van der Waals surface area contributed by atoms with E-state index < -0.39 is 10.0 Å². The summed E-state index contributed by atoms with van der Waals surface area (Å²) in [7, 11) is 0.584. The first-order valence-electron chi connectivity index (χ1n) is 7.20. The van der Waals surface area contributed by atoms with Gasteiger partial charge in [-0.2, -0.15) is 0 Å². The Balaban J connectivity index is 2.20. The van der Waals surface area contributed by atoms with Gasteiger partial charge in [0, 0.05) is 16.6 Å². The van der Waals surface area contributed by atoms with Crippen LogP contribution in [0.2, 0.25) is 0 Å². The van der Waals surface area contributed by atoms with E-state index in [9.17, 15) is 8.42 Å². The van der Waals surface area contributed by atoms with Crippen LogP contribution in [0.25, 0.3) is 0 Å². The molecule has 118 valence electrons. The smallest absolute Gasteiger partial charge is 0.240 e. The van der Waals surface area contributed by atoms with E-state index in [4.69, 9.17) is 0 Å². The molecule has 1 aromatic carbocycles. The van der Waals surface area contributed by atoms with E-state index in [0.717, 1.165) is 35.7 Å². The number of nitrogens with zero attached hydrogens (tertiary/aromatic N) is 1. The second-order valence-corrected chi connectivity index (χ2v) is 8.71. The second-order valence-electron chi connectivity index (χ2n) is 6.06. The lowest BCUT2D eigenvalue weighted by Crippen LogP contribution is -2.50. The lowest BCUT2D eigenvalue weighted by atomic mass is 9.97. The fourth-order valence-corrected chi connectivity index (χ4v) is 4.89. The Morgan fingerprint density at radius 1 is 1.29 bits per heavy atom. The predicted molar refractivity (Wildman–Crippen MR) is 89.0 cm³/mol. The number of hydrogen-bond donors (Lipinski definition) is 1. The van der Waals surface area contributed by atoms with Crippen molar-refractivity contribution in [2.45, 2.75) is 43.0 Å². The van der Waals surface area contributed by atoms with Crippen LogP contribution in [0.15, 0.2) is 27.6 Å². The molecule has 0 unspecified atom stereocenters. The molecule has 0 atom stereocenters. The molecule has 0 bridgehead atoms. The van der Waals surface area contributed by atoms with Crippen LogP contribution in [-0.4, -0.2) is 39.5 Å². The average Bonchev–Trinajstić information content (AvgIpc) is 2.89. The predicted octanol–water partition coefficient (Wildman–Crippen LogP) is 2.91. The van der Waals surface area contributed by atoms with Gasteiger partial charge in [0.25, 0.3) is 0 Å². The number of benzene rings is 1. The van der Waals surface area contributed by atoms with Crippen molar-refractivity contribution in [3.05, 3.63) is 28.2 Å². The standard InChI is InChI=1S/C15H23BrN2O2S/c1-12-6-7-13(16)10-14(12)21(19,20)17-11-15(18(2)3)8-4-5-9-15/h6-7,10,17H,4-5,8-9,11H2,1-3H3. The van der Waals surface area contributed by atoms with Gasteiger partial charge in [0.15, 0.2) is 0 Å². The van der Waals surface area contributed by atoms with E-state index in [1.807, 2.05) is 33.2 Å². The monoisotopic (exact) mass is 374 g/mol. The fourth-order valence-electron chi connectivity index (χ4n) is 2.99. The Morgan fingerprint density at radius 2 is 1.90 bits per heavy atom. The fraction of sp³-hybridized carbons (Fsp3) is 0.600. The molecule has 4 nitrogen and oxygen atoms in total. The molecule has 1 aliphatic rings. The van der Waals surface area contributed by atoms with Crippen LogP contribution >= 0.6 is 15.9 Å². The Morgan fingerprint density at radius 3 is 2.48 bits per heavy atom. The van der Waals surface area contributed by atoms with Crippen LogP contribution in [0.1, 0.15) is 31.2 Å². The highest BCUT2D eigenvalue weighted by Crippen LogP contribution is 2.33. The van der Waals surface area contributed by atoms with Gasteiger partial charge in [-0.3, -0.25) is 0 Å². The molecule has 0 saturated heterocycles. The molecule has 2 rings (SSSR count). The molecule has 0 amide bonds. The number of sulfonamides is 1. The summed E-state index contributed by atoms with van der Waals surface area (Å²) in [6, 6.07) is 5.33. The van der Waals surface area contributed by atoms with Crippen LogP contribution in [0.4, 0.5) is 0 Å². The molecule has 21 heavy (non-hydrogen) atoms. The molecular weight excluding hydrogens is 352 g/mol. The average molecular weight is 375 g/mol. The maximum atomic E-state index is 12.6. The van der Waals surface area contributed by atoms with Gasteiger partial charge in [0.2, 0.25) is 10.0 Å². The molecule has 0 heterocycles. The maximum Gasteiger partial charge on any atom is 0.240 e. The van der Waals surface area contributed by atoms with Gasteiger partial charge in [0.05, 0.1) is 4.90 Å². The minimum Gasteiger partial charge on any atom is -0.302 e. The van der Waals surface area contributed by atoms with E-state index in [-0.39, 0.29) is 5.54 Å². The highest BCUT2D eigenvalue weighted by atomic mass is 79.9. The van der Waals surface area contributed by atoms with Crippen LogP contribution in [-0.2, 0) is 10.0 Å². The maximum absolute atomic E-state index is 12.6. The second kappa shape index (κ2) is 6.36. The largest absolute Gasteiger partial charge is 0.302 e. The van der Waals surface area contributed by atoms with Crippen molar-refractivity contribution < 1.29 is 8.42 Å². The minimum atomic E-state index is -3.48. The first kappa shape index (κ1) is 16.9. The van der Waals surface area contributed by atoms with Crippen molar-refractivity contribution in [1.29, 1.82) is 0 Å². The molecule has 0 aromatic heterocycles. The van der Waals surface area contributed by atoms with Gasteiger partial charge in [-0.15, -0.1) is 0 Å². The first-order chi connectivity index (χ1) is 9.77. The van der Waals surface area contributed by atoms with Gasteiger partial charge in [-0.25, -0.2) is 13.1 Å².